The number of hydrogen-bond acceptors (Lipinski definition) is 3. The SMILES string of the molecule is CCCCCCCCCC[N+]1=C(C=C2C(=O)C(C=C3N(CCCCCCCC)c4ccc(C)cc4C3(C)C)=C2O)C(C)(C)c2cc(Cl)ccc21. The van der Waals surface area contributed by atoms with Gasteiger partial charge in [-0.25, -0.2) is 0 Å². The van der Waals surface area contributed by atoms with Crippen molar-refractivity contribution in [3.05, 3.63) is 92.9 Å². The molecule has 0 unspecified atom stereocenters. The summed E-state index contributed by atoms with van der Waals surface area (Å²) in [6.45, 7) is 17.3. The molecule has 1 N–H and O–H groups in total. The number of halogens is 1. The first-order chi connectivity index (χ1) is 23.9. The second-order valence-corrected chi connectivity index (χ2v) is 16.5. The van der Waals surface area contributed by atoms with Crippen molar-refractivity contribution in [2.24, 2.45) is 0 Å². The third-order valence-electron chi connectivity index (χ3n) is 11.4. The number of unbranched alkanes of at least 4 members (excludes halogenated alkanes) is 12. The zero-order chi connectivity index (χ0) is 36.1. The van der Waals surface area contributed by atoms with E-state index >= 15 is 0 Å². The van der Waals surface area contributed by atoms with E-state index in [0.717, 1.165) is 48.0 Å². The van der Waals surface area contributed by atoms with Crippen molar-refractivity contribution in [1.82, 2.24) is 0 Å². The van der Waals surface area contributed by atoms with Crippen LogP contribution >= 0.6 is 11.6 Å². The maximum atomic E-state index is 14.0. The summed E-state index contributed by atoms with van der Waals surface area (Å²) in [6.07, 6.45) is 21.4. The fraction of sp³-hybridized carbons (Fsp3) is 0.556. The van der Waals surface area contributed by atoms with Crippen molar-refractivity contribution in [2.45, 2.75) is 149 Å². The molecule has 5 heteroatoms. The Morgan fingerprint density at radius 2 is 1.38 bits per heavy atom. The molecule has 4 nitrogen and oxygen atoms in total. The number of aliphatic hydroxyl groups excluding tert-OH is 1. The third kappa shape index (κ3) is 7.86. The number of carbonyl (C=O) groups is 1. The fourth-order valence-corrected chi connectivity index (χ4v) is 8.45. The normalized spacial score (nSPS) is 19.2. The van der Waals surface area contributed by atoms with Crippen molar-refractivity contribution in [3.63, 3.8) is 0 Å². The average molecular weight is 698 g/mol. The lowest BCUT2D eigenvalue weighted by Crippen LogP contribution is -2.32. The molecule has 0 spiro atoms. The first-order valence-corrected chi connectivity index (χ1v) is 20.1. The van der Waals surface area contributed by atoms with Gasteiger partial charge in [0, 0.05) is 52.5 Å². The van der Waals surface area contributed by atoms with Crippen molar-refractivity contribution in [1.29, 1.82) is 0 Å². The molecular formula is C45H62ClN2O2+. The number of aliphatic hydroxyl groups is 1. The van der Waals surface area contributed by atoms with Gasteiger partial charge in [0.15, 0.2) is 5.71 Å². The number of carbonyl (C=O) groups excluding carboxylic acids is 1. The van der Waals surface area contributed by atoms with E-state index in [1.165, 1.54) is 99.4 Å². The van der Waals surface area contributed by atoms with Crippen LogP contribution in [0.3, 0.4) is 0 Å². The highest BCUT2D eigenvalue weighted by Crippen LogP contribution is 2.50. The van der Waals surface area contributed by atoms with Crippen LogP contribution in [0.2, 0.25) is 5.02 Å². The molecule has 0 aromatic heterocycles. The lowest BCUT2D eigenvalue weighted by Gasteiger charge is -2.29. The summed E-state index contributed by atoms with van der Waals surface area (Å²) < 4.78 is 2.37. The summed E-state index contributed by atoms with van der Waals surface area (Å²) in [5.74, 6) is 0.0241. The van der Waals surface area contributed by atoms with Crippen LogP contribution in [-0.4, -0.2) is 34.3 Å². The van der Waals surface area contributed by atoms with E-state index in [1.807, 2.05) is 18.2 Å². The van der Waals surface area contributed by atoms with Crippen LogP contribution in [-0.2, 0) is 15.6 Å². The van der Waals surface area contributed by atoms with Crippen LogP contribution in [0.15, 0.2) is 71.2 Å². The zero-order valence-electron chi connectivity index (χ0n) is 32.1. The highest BCUT2D eigenvalue weighted by Gasteiger charge is 2.47. The topological polar surface area (TPSA) is 43.5 Å². The lowest BCUT2D eigenvalue weighted by atomic mass is 9.77. The number of rotatable bonds is 18. The first-order valence-electron chi connectivity index (χ1n) is 19.7. The molecule has 0 saturated heterocycles. The minimum Gasteiger partial charge on any atom is -0.506 e. The number of aryl methyl sites for hydroxylation is 1. The van der Waals surface area contributed by atoms with Gasteiger partial charge in [0.25, 0.3) is 0 Å². The van der Waals surface area contributed by atoms with Gasteiger partial charge in [0.05, 0.1) is 16.6 Å². The Morgan fingerprint density at radius 3 is 2.02 bits per heavy atom. The Hall–Kier alpha value is -3.11. The molecule has 0 amide bonds. The minimum atomic E-state index is -0.358. The van der Waals surface area contributed by atoms with Gasteiger partial charge >= 0.3 is 0 Å². The molecule has 0 saturated carbocycles. The Bertz CT molecular complexity index is 1690. The Balaban J connectivity index is 1.43. The number of anilines is 1. The van der Waals surface area contributed by atoms with Crippen molar-refractivity contribution >= 4 is 34.5 Å². The van der Waals surface area contributed by atoms with Crippen LogP contribution in [0.25, 0.3) is 0 Å². The second-order valence-electron chi connectivity index (χ2n) is 16.0. The smallest absolute Gasteiger partial charge is 0.209 e. The van der Waals surface area contributed by atoms with Crippen LogP contribution in [0, 0.1) is 6.92 Å². The first kappa shape index (κ1) is 38.1. The number of ketones is 1. The van der Waals surface area contributed by atoms with E-state index in [2.05, 4.69) is 88.3 Å². The van der Waals surface area contributed by atoms with E-state index in [4.69, 9.17) is 11.6 Å². The number of fused-ring (bicyclic) bond motifs is 2. The molecule has 5 rings (SSSR count). The van der Waals surface area contributed by atoms with Gasteiger partial charge in [-0.1, -0.05) is 128 Å². The van der Waals surface area contributed by atoms with Gasteiger partial charge in [-0.3, -0.25) is 4.79 Å². The van der Waals surface area contributed by atoms with E-state index in [0.29, 0.717) is 11.1 Å². The maximum Gasteiger partial charge on any atom is 0.209 e. The Labute approximate surface area is 308 Å². The quantitative estimate of drug-likeness (QED) is 0.0958. The van der Waals surface area contributed by atoms with Gasteiger partial charge in [0.1, 0.15) is 12.3 Å². The van der Waals surface area contributed by atoms with Crippen molar-refractivity contribution < 1.29 is 14.5 Å². The van der Waals surface area contributed by atoms with E-state index < -0.39 is 0 Å². The largest absolute Gasteiger partial charge is 0.506 e. The molecule has 0 fully saturated rings. The molecule has 0 radical (unpaired) electrons. The van der Waals surface area contributed by atoms with Crippen LogP contribution < -0.4 is 4.90 Å². The van der Waals surface area contributed by atoms with Gasteiger partial charge in [-0.2, -0.15) is 4.58 Å². The lowest BCUT2D eigenvalue weighted by molar-refractivity contribution is -0.438. The summed E-state index contributed by atoms with van der Waals surface area (Å²) >= 11 is 6.52. The molecule has 0 atom stereocenters. The van der Waals surface area contributed by atoms with Crippen molar-refractivity contribution in [3.8, 4) is 0 Å². The molecule has 2 aliphatic heterocycles. The Morgan fingerprint density at radius 1 is 0.760 bits per heavy atom. The number of benzene rings is 2. The van der Waals surface area contributed by atoms with Gasteiger partial charge in [-0.15, -0.1) is 0 Å². The van der Waals surface area contributed by atoms with E-state index in [1.54, 1.807) is 0 Å². The molecule has 0 bridgehead atoms. The minimum absolute atomic E-state index is 0.0817. The predicted octanol–water partition coefficient (Wildman–Crippen LogP) is 12.5. The van der Waals surface area contributed by atoms with E-state index in [-0.39, 0.29) is 22.4 Å². The number of allylic oxidation sites excluding steroid dienone is 5. The number of nitrogens with zero attached hydrogens (tertiary/aromatic N) is 2. The van der Waals surface area contributed by atoms with Crippen LogP contribution in [0.5, 0.6) is 0 Å². The number of Topliss-reactive ketones (excluding diaryl/α,β-unsaturated/α-hetero) is 1. The molecule has 50 heavy (non-hydrogen) atoms. The molecule has 270 valence electrons. The number of hydrogen-bond donors (Lipinski definition) is 1. The van der Waals surface area contributed by atoms with Crippen LogP contribution in [0.4, 0.5) is 11.4 Å². The summed E-state index contributed by atoms with van der Waals surface area (Å²) in [7, 11) is 0. The standard InChI is InChI=1S/C45H61ClN2O2/c1-8-10-12-14-16-17-19-21-27-48-39-25-23-33(46)29-37(39)45(6,7)41(48)31-35-42(49)34(43(35)50)30-40-44(4,5)36-28-32(3)22-24-38(36)47(40)26-20-18-15-13-11-9-2/h22-25,28-31H,8-21,26-27H2,1-7H3/p+1. The molecule has 2 heterocycles. The highest BCUT2D eigenvalue weighted by atomic mass is 35.5. The van der Waals surface area contributed by atoms with Gasteiger partial charge in [0.2, 0.25) is 11.5 Å². The monoisotopic (exact) mass is 697 g/mol. The predicted molar refractivity (Wildman–Crippen MR) is 213 cm³/mol. The van der Waals surface area contributed by atoms with E-state index in [9.17, 15) is 9.90 Å². The Kier molecular flexibility index (Phi) is 12.6. The molecule has 3 aliphatic rings. The fourth-order valence-electron chi connectivity index (χ4n) is 8.28. The summed E-state index contributed by atoms with van der Waals surface area (Å²) in [5.41, 5.74) is 8.39. The zero-order valence-corrected chi connectivity index (χ0v) is 32.8. The molecule has 2 aromatic rings. The summed E-state index contributed by atoms with van der Waals surface area (Å²) in [5, 5.41) is 12.3. The van der Waals surface area contributed by atoms with Gasteiger partial charge in [-0.05, 0) is 63.5 Å². The highest BCUT2D eigenvalue weighted by molar-refractivity contribution is 6.31. The molecule has 1 aliphatic carbocycles. The summed E-state index contributed by atoms with van der Waals surface area (Å²) in [6, 6.07) is 12.8. The van der Waals surface area contributed by atoms with Crippen LogP contribution in [0.1, 0.15) is 148 Å². The van der Waals surface area contributed by atoms with Crippen molar-refractivity contribution in [2.75, 3.05) is 18.0 Å². The average Bonchev–Trinajstić information content (AvgIpc) is 3.42. The maximum absolute atomic E-state index is 14.0. The third-order valence-corrected chi connectivity index (χ3v) is 11.7. The van der Waals surface area contributed by atoms with Gasteiger partial charge < -0.3 is 10.0 Å². The molecular weight excluding hydrogens is 636 g/mol. The molecule has 2 aromatic carbocycles. The summed E-state index contributed by atoms with van der Waals surface area (Å²) in [4.78, 5) is 16.4. The second kappa shape index (κ2) is 16.5.